The van der Waals surface area contributed by atoms with E-state index in [2.05, 4.69) is 69.7 Å². The summed E-state index contributed by atoms with van der Waals surface area (Å²) in [6.07, 6.45) is 4.22. The molecule has 0 atom stereocenters. The van der Waals surface area contributed by atoms with Gasteiger partial charge in [-0.15, -0.1) is 0 Å². The average molecular weight is 604 g/mol. The van der Waals surface area contributed by atoms with Crippen LogP contribution in [-0.4, -0.2) is 59.3 Å². The monoisotopic (exact) mass is 606 g/mol. The van der Waals surface area contributed by atoms with Crippen LogP contribution in [0.1, 0.15) is 0 Å². The van der Waals surface area contributed by atoms with Gasteiger partial charge in [-0.3, -0.25) is 0 Å². The van der Waals surface area contributed by atoms with Gasteiger partial charge in [0.15, 0.2) is 0 Å². The molecule has 0 aliphatic carbocycles. The van der Waals surface area contributed by atoms with E-state index in [1.807, 2.05) is 36.4 Å². The van der Waals surface area contributed by atoms with Gasteiger partial charge in [0.2, 0.25) is 0 Å². The zero-order chi connectivity index (χ0) is 24.5. The van der Waals surface area contributed by atoms with E-state index in [1.165, 1.54) is 9.18 Å². The molecule has 6 nitrogen and oxygen atoms in total. The molecule has 4 heterocycles. The Labute approximate surface area is 219 Å². The van der Waals surface area contributed by atoms with Crippen LogP contribution in [0.3, 0.4) is 0 Å². The SMILES string of the molecule is COc1ccc(-c2nc3ccccn3c2[Se][Se]c2c(-c3ccc(OC)cc3)nc3ccccn23)cc1. The number of pyridine rings is 2. The summed E-state index contributed by atoms with van der Waals surface area (Å²) in [5.74, 6) is 1.68. The van der Waals surface area contributed by atoms with Crippen LogP contribution in [0.2, 0.25) is 0 Å². The maximum atomic E-state index is 5.37. The Morgan fingerprint density at radius 2 is 0.972 bits per heavy atom. The summed E-state index contributed by atoms with van der Waals surface area (Å²) >= 11 is 0.298. The molecule has 0 fully saturated rings. The van der Waals surface area contributed by atoms with E-state index in [9.17, 15) is 0 Å². The fourth-order valence-corrected chi connectivity index (χ4v) is 11.6. The van der Waals surface area contributed by atoms with Crippen LogP contribution in [0.5, 0.6) is 11.5 Å². The molecular formula is C28H22N4O2Se2. The van der Waals surface area contributed by atoms with Crippen molar-refractivity contribution in [3.8, 4) is 34.0 Å². The normalized spacial score (nSPS) is 11.3. The van der Waals surface area contributed by atoms with Gasteiger partial charge in [-0.05, 0) is 0 Å². The van der Waals surface area contributed by atoms with Crippen molar-refractivity contribution < 1.29 is 9.47 Å². The second-order valence-electron chi connectivity index (χ2n) is 8.01. The molecule has 178 valence electrons. The summed E-state index contributed by atoms with van der Waals surface area (Å²) in [6.45, 7) is 0. The van der Waals surface area contributed by atoms with Crippen molar-refractivity contribution in [2.24, 2.45) is 0 Å². The first-order valence-electron chi connectivity index (χ1n) is 11.3. The first-order chi connectivity index (χ1) is 17.7. The van der Waals surface area contributed by atoms with Gasteiger partial charge in [-0.25, -0.2) is 0 Å². The predicted molar refractivity (Wildman–Crippen MR) is 145 cm³/mol. The molecule has 6 aromatic rings. The number of aromatic nitrogens is 4. The standard InChI is InChI=1S/C28H22N4O2Se2/c1-33-21-13-9-19(10-14-21)25-27(31-17-5-3-7-23(31)29-25)35-36-28-26(20-11-15-22(34-2)16-12-20)30-24-8-4-6-18-32(24)28/h3-18H,1-2H3. The quantitative estimate of drug-likeness (QED) is 0.262. The summed E-state index contributed by atoms with van der Waals surface area (Å²) in [5, 5.41) is 0. The molecule has 4 aromatic heterocycles. The van der Waals surface area contributed by atoms with E-state index in [-0.39, 0.29) is 26.3 Å². The minimum absolute atomic E-state index is 0.149. The van der Waals surface area contributed by atoms with E-state index >= 15 is 0 Å². The molecular weight excluding hydrogens is 582 g/mol. The zero-order valence-corrected chi connectivity index (χ0v) is 23.1. The third kappa shape index (κ3) is 4.19. The van der Waals surface area contributed by atoms with Gasteiger partial charge in [-0.2, -0.15) is 0 Å². The van der Waals surface area contributed by atoms with Gasteiger partial charge in [0.05, 0.1) is 0 Å². The van der Waals surface area contributed by atoms with Crippen LogP contribution in [0.25, 0.3) is 33.8 Å². The first-order valence-corrected chi connectivity index (χ1v) is 17.4. The Morgan fingerprint density at radius 3 is 1.36 bits per heavy atom. The predicted octanol–water partition coefficient (Wildman–Crippen LogP) is 3.61. The fraction of sp³-hybridized carbons (Fsp3) is 0.0714. The number of rotatable bonds is 7. The number of methoxy groups -OCH3 is 2. The van der Waals surface area contributed by atoms with Crippen molar-refractivity contribution in [3.05, 3.63) is 97.3 Å². The number of imidazole rings is 2. The van der Waals surface area contributed by atoms with Gasteiger partial charge in [0.25, 0.3) is 0 Å². The molecule has 0 saturated carbocycles. The molecule has 0 aliphatic rings. The van der Waals surface area contributed by atoms with Crippen molar-refractivity contribution in [2.45, 2.75) is 0 Å². The number of hydrogen-bond acceptors (Lipinski definition) is 4. The van der Waals surface area contributed by atoms with Crippen molar-refractivity contribution in [1.82, 2.24) is 18.8 Å². The van der Waals surface area contributed by atoms with Gasteiger partial charge in [-0.1, -0.05) is 0 Å². The maximum absolute atomic E-state index is 5.37. The molecule has 0 saturated heterocycles. The molecule has 36 heavy (non-hydrogen) atoms. The van der Waals surface area contributed by atoms with E-state index in [0.717, 1.165) is 45.3 Å². The number of ether oxygens (including phenoxy) is 2. The molecule has 6 rings (SSSR count). The molecule has 8 heteroatoms. The van der Waals surface area contributed by atoms with Gasteiger partial charge in [0.1, 0.15) is 0 Å². The fourth-order valence-electron chi connectivity index (χ4n) is 4.06. The first kappa shape index (κ1) is 22.9. The van der Waals surface area contributed by atoms with Gasteiger partial charge < -0.3 is 0 Å². The topological polar surface area (TPSA) is 53.1 Å². The van der Waals surface area contributed by atoms with E-state index < -0.39 is 0 Å². The summed E-state index contributed by atoms with van der Waals surface area (Å²) < 4.78 is 17.7. The molecule has 0 N–H and O–H groups in total. The zero-order valence-electron chi connectivity index (χ0n) is 19.7. The van der Waals surface area contributed by atoms with Crippen LogP contribution in [0, 0.1) is 0 Å². The van der Waals surface area contributed by atoms with Crippen molar-refractivity contribution >= 4 is 46.7 Å². The Hall–Kier alpha value is -3.54. The van der Waals surface area contributed by atoms with Crippen molar-refractivity contribution in [3.63, 3.8) is 0 Å². The summed E-state index contributed by atoms with van der Waals surface area (Å²) in [7, 11) is 3.38. The molecule has 0 unspecified atom stereocenters. The summed E-state index contributed by atoms with van der Waals surface area (Å²) in [5.41, 5.74) is 6.19. The van der Waals surface area contributed by atoms with Crippen LogP contribution in [-0.2, 0) is 0 Å². The van der Waals surface area contributed by atoms with Crippen molar-refractivity contribution in [1.29, 1.82) is 0 Å². The van der Waals surface area contributed by atoms with Crippen LogP contribution < -0.4 is 18.7 Å². The van der Waals surface area contributed by atoms with Crippen LogP contribution in [0.15, 0.2) is 97.3 Å². The van der Waals surface area contributed by atoms with Crippen LogP contribution >= 0.6 is 0 Å². The second kappa shape index (κ2) is 9.84. The Balaban J connectivity index is 1.43. The van der Waals surface area contributed by atoms with Gasteiger partial charge >= 0.3 is 221 Å². The number of fused-ring (bicyclic) bond motifs is 2. The molecule has 0 bridgehead atoms. The molecule has 0 radical (unpaired) electrons. The Bertz CT molecular complexity index is 1530. The Morgan fingerprint density at radius 1 is 0.556 bits per heavy atom. The number of hydrogen-bond donors (Lipinski definition) is 0. The van der Waals surface area contributed by atoms with Crippen molar-refractivity contribution in [2.75, 3.05) is 14.2 Å². The Kier molecular flexibility index (Phi) is 6.26. The number of nitrogens with zero attached hydrogens (tertiary/aromatic N) is 4. The van der Waals surface area contributed by atoms with E-state index in [0.29, 0.717) is 0 Å². The third-order valence-corrected chi connectivity index (χ3v) is 12.7. The second-order valence-corrected chi connectivity index (χ2v) is 14.0. The number of benzene rings is 2. The minimum atomic E-state index is 0.149. The van der Waals surface area contributed by atoms with E-state index in [1.54, 1.807) is 14.2 Å². The molecule has 0 amide bonds. The van der Waals surface area contributed by atoms with Gasteiger partial charge in [0, 0.05) is 0 Å². The molecule has 2 aromatic carbocycles. The third-order valence-electron chi connectivity index (χ3n) is 5.90. The average Bonchev–Trinajstić information content (AvgIpc) is 3.50. The van der Waals surface area contributed by atoms with Crippen LogP contribution in [0.4, 0.5) is 0 Å². The summed E-state index contributed by atoms with van der Waals surface area (Å²) in [6, 6.07) is 28.7. The summed E-state index contributed by atoms with van der Waals surface area (Å²) in [4.78, 5) is 10.0. The molecule has 0 spiro atoms. The molecule has 0 aliphatic heterocycles. The van der Waals surface area contributed by atoms with E-state index in [4.69, 9.17) is 19.4 Å².